The molecule has 29 heavy (non-hydrogen) atoms. The van der Waals surface area contributed by atoms with Crippen LogP contribution in [-0.2, 0) is 17.8 Å². The lowest BCUT2D eigenvalue weighted by molar-refractivity contribution is 0.0341. The molecule has 164 valence electrons. The van der Waals surface area contributed by atoms with Crippen molar-refractivity contribution in [3.63, 3.8) is 0 Å². The SMILES string of the molecule is CCNC(=NCc1ccccc1CN1CCOCC1)NCCN(CC)C1CC1.I. The number of guanidine groups is 1. The van der Waals surface area contributed by atoms with E-state index >= 15 is 0 Å². The summed E-state index contributed by atoms with van der Waals surface area (Å²) in [6, 6.07) is 9.50. The first-order chi connectivity index (χ1) is 13.8. The zero-order chi connectivity index (χ0) is 19.6. The average molecular weight is 515 g/mol. The van der Waals surface area contributed by atoms with E-state index in [2.05, 4.69) is 58.5 Å². The molecule has 0 radical (unpaired) electrons. The van der Waals surface area contributed by atoms with Gasteiger partial charge in [0.25, 0.3) is 0 Å². The van der Waals surface area contributed by atoms with Gasteiger partial charge in [0, 0.05) is 45.3 Å². The van der Waals surface area contributed by atoms with Crippen molar-refractivity contribution >= 4 is 29.9 Å². The fourth-order valence-electron chi connectivity index (χ4n) is 3.73. The summed E-state index contributed by atoms with van der Waals surface area (Å²) in [6.45, 7) is 13.8. The van der Waals surface area contributed by atoms with Gasteiger partial charge in [-0.1, -0.05) is 31.2 Å². The number of rotatable bonds is 10. The second-order valence-corrected chi connectivity index (χ2v) is 7.64. The highest BCUT2D eigenvalue weighted by molar-refractivity contribution is 14.0. The molecule has 7 heteroatoms. The molecule has 0 spiro atoms. The quantitative estimate of drug-likeness (QED) is 0.285. The standard InChI is InChI=1S/C22H37N5O.HI/c1-3-23-22(24-11-12-27(4-2)21-9-10-21)25-17-19-7-5-6-8-20(19)18-26-13-15-28-16-14-26;/h5-8,21H,3-4,9-18H2,1-2H3,(H2,23,24,25);1H. The minimum absolute atomic E-state index is 0. The topological polar surface area (TPSA) is 52.1 Å². The van der Waals surface area contributed by atoms with Crippen LogP contribution >= 0.6 is 24.0 Å². The van der Waals surface area contributed by atoms with E-state index in [-0.39, 0.29) is 24.0 Å². The summed E-state index contributed by atoms with van der Waals surface area (Å²) >= 11 is 0. The van der Waals surface area contributed by atoms with Crippen LogP contribution in [-0.4, -0.2) is 74.3 Å². The van der Waals surface area contributed by atoms with Crippen LogP contribution in [0.15, 0.2) is 29.3 Å². The van der Waals surface area contributed by atoms with Crippen LogP contribution in [0.3, 0.4) is 0 Å². The summed E-state index contributed by atoms with van der Waals surface area (Å²) in [5.41, 5.74) is 2.68. The Hall–Kier alpha value is -0.900. The van der Waals surface area contributed by atoms with Gasteiger partial charge in [0.15, 0.2) is 5.96 Å². The van der Waals surface area contributed by atoms with Crippen LogP contribution < -0.4 is 10.6 Å². The average Bonchev–Trinajstić information content (AvgIpc) is 3.56. The van der Waals surface area contributed by atoms with Crippen molar-refractivity contribution in [2.45, 2.75) is 45.8 Å². The van der Waals surface area contributed by atoms with Crippen molar-refractivity contribution in [3.8, 4) is 0 Å². The summed E-state index contributed by atoms with van der Waals surface area (Å²) < 4.78 is 5.47. The molecule has 2 aliphatic rings. The van der Waals surface area contributed by atoms with Crippen molar-refractivity contribution < 1.29 is 4.74 Å². The molecule has 0 unspecified atom stereocenters. The maximum atomic E-state index is 5.47. The van der Waals surface area contributed by atoms with Gasteiger partial charge in [-0.3, -0.25) is 9.80 Å². The monoisotopic (exact) mass is 515 g/mol. The third-order valence-corrected chi connectivity index (χ3v) is 5.53. The predicted octanol–water partition coefficient (Wildman–Crippen LogP) is 2.68. The molecule has 1 saturated carbocycles. The minimum Gasteiger partial charge on any atom is -0.379 e. The van der Waals surface area contributed by atoms with Gasteiger partial charge >= 0.3 is 0 Å². The molecule has 2 N–H and O–H groups in total. The van der Waals surface area contributed by atoms with Crippen LogP contribution in [0.5, 0.6) is 0 Å². The molecule has 2 fully saturated rings. The Balaban J connectivity index is 0.00000300. The molecule has 6 nitrogen and oxygen atoms in total. The molecular weight excluding hydrogens is 477 g/mol. The largest absolute Gasteiger partial charge is 0.379 e. The summed E-state index contributed by atoms with van der Waals surface area (Å²) in [4.78, 5) is 9.88. The van der Waals surface area contributed by atoms with Gasteiger partial charge < -0.3 is 15.4 Å². The number of ether oxygens (including phenoxy) is 1. The Morgan fingerprint density at radius 2 is 1.86 bits per heavy atom. The van der Waals surface area contributed by atoms with E-state index in [1.807, 2.05) is 0 Å². The third-order valence-electron chi connectivity index (χ3n) is 5.53. The van der Waals surface area contributed by atoms with Gasteiger partial charge in [-0.2, -0.15) is 0 Å². The van der Waals surface area contributed by atoms with Gasteiger partial charge in [-0.25, -0.2) is 4.99 Å². The summed E-state index contributed by atoms with van der Waals surface area (Å²) in [6.07, 6.45) is 2.73. The molecular formula is C22H38IN5O. The fraction of sp³-hybridized carbons (Fsp3) is 0.682. The summed E-state index contributed by atoms with van der Waals surface area (Å²) in [5.74, 6) is 0.913. The van der Waals surface area contributed by atoms with Crippen LogP contribution in [0.25, 0.3) is 0 Å². The number of benzene rings is 1. The Morgan fingerprint density at radius 1 is 1.14 bits per heavy atom. The number of nitrogens with one attached hydrogen (secondary N) is 2. The van der Waals surface area contributed by atoms with Crippen molar-refractivity contribution in [2.75, 3.05) is 52.5 Å². The minimum atomic E-state index is 0. The number of halogens is 1. The van der Waals surface area contributed by atoms with Gasteiger partial charge in [0.05, 0.1) is 19.8 Å². The van der Waals surface area contributed by atoms with Gasteiger partial charge in [0.1, 0.15) is 0 Å². The van der Waals surface area contributed by atoms with Gasteiger partial charge in [-0.15, -0.1) is 24.0 Å². The molecule has 1 aromatic carbocycles. The lowest BCUT2D eigenvalue weighted by Gasteiger charge is -2.27. The van der Waals surface area contributed by atoms with Gasteiger partial charge in [0.2, 0.25) is 0 Å². The summed E-state index contributed by atoms with van der Waals surface area (Å²) in [5, 5.41) is 6.89. The molecule has 1 aromatic rings. The van der Waals surface area contributed by atoms with Crippen molar-refractivity contribution in [1.82, 2.24) is 20.4 Å². The lowest BCUT2D eigenvalue weighted by Crippen LogP contribution is -2.42. The first-order valence-electron chi connectivity index (χ1n) is 10.9. The molecule has 0 bridgehead atoms. The van der Waals surface area contributed by atoms with Crippen molar-refractivity contribution in [1.29, 1.82) is 0 Å². The van der Waals surface area contributed by atoms with Gasteiger partial charge in [-0.05, 0) is 37.4 Å². The Kier molecular flexibility index (Phi) is 11.3. The second kappa shape index (κ2) is 13.4. The fourth-order valence-corrected chi connectivity index (χ4v) is 3.73. The molecule has 3 rings (SSSR count). The zero-order valence-electron chi connectivity index (χ0n) is 18.0. The Labute approximate surface area is 193 Å². The number of hydrogen-bond acceptors (Lipinski definition) is 4. The van der Waals surface area contributed by atoms with E-state index in [4.69, 9.17) is 9.73 Å². The number of nitrogens with zero attached hydrogens (tertiary/aromatic N) is 3. The maximum absolute atomic E-state index is 5.47. The lowest BCUT2D eigenvalue weighted by atomic mass is 10.1. The van der Waals surface area contributed by atoms with Crippen LogP contribution in [0.1, 0.15) is 37.8 Å². The first-order valence-corrected chi connectivity index (χ1v) is 10.9. The molecule has 0 atom stereocenters. The molecule has 1 aliphatic carbocycles. The molecule has 1 saturated heterocycles. The zero-order valence-corrected chi connectivity index (χ0v) is 20.4. The predicted molar refractivity (Wildman–Crippen MR) is 131 cm³/mol. The van der Waals surface area contributed by atoms with E-state index in [0.29, 0.717) is 6.54 Å². The molecule has 1 heterocycles. The molecule has 1 aliphatic heterocycles. The number of aliphatic imine (C=N–C) groups is 1. The van der Waals surface area contributed by atoms with Crippen molar-refractivity contribution in [3.05, 3.63) is 35.4 Å². The first kappa shape index (κ1) is 24.4. The van der Waals surface area contributed by atoms with E-state index < -0.39 is 0 Å². The molecule has 0 aromatic heterocycles. The second-order valence-electron chi connectivity index (χ2n) is 7.64. The third kappa shape index (κ3) is 8.39. The van der Waals surface area contributed by atoms with E-state index in [9.17, 15) is 0 Å². The highest BCUT2D eigenvalue weighted by Crippen LogP contribution is 2.25. The summed E-state index contributed by atoms with van der Waals surface area (Å²) in [7, 11) is 0. The van der Waals surface area contributed by atoms with E-state index in [1.54, 1.807) is 0 Å². The molecule has 0 amide bonds. The van der Waals surface area contributed by atoms with E-state index in [0.717, 1.165) is 71.0 Å². The van der Waals surface area contributed by atoms with Crippen LogP contribution in [0.2, 0.25) is 0 Å². The Morgan fingerprint density at radius 3 is 2.52 bits per heavy atom. The maximum Gasteiger partial charge on any atom is 0.191 e. The van der Waals surface area contributed by atoms with Crippen LogP contribution in [0, 0.1) is 0 Å². The van der Waals surface area contributed by atoms with E-state index in [1.165, 1.54) is 24.0 Å². The highest BCUT2D eigenvalue weighted by atomic mass is 127. The Bertz CT molecular complexity index is 617. The van der Waals surface area contributed by atoms with Crippen molar-refractivity contribution in [2.24, 2.45) is 4.99 Å². The highest BCUT2D eigenvalue weighted by Gasteiger charge is 2.27. The normalized spacial score (nSPS) is 17.8. The smallest absolute Gasteiger partial charge is 0.191 e. The number of likely N-dealkylation sites (N-methyl/N-ethyl adjacent to an activating group) is 1. The number of hydrogen-bond donors (Lipinski definition) is 2. The van der Waals surface area contributed by atoms with Crippen LogP contribution in [0.4, 0.5) is 0 Å². The number of morpholine rings is 1.